The monoisotopic (exact) mass is 304 g/mol. The van der Waals surface area contributed by atoms with Crippen molar-refractivity contribution in [1.29, 1.82) is 0 Å². The molecule has 0 bridgehead atoms. The van der Waals surface area contributed by atoms with Crippen molar-refractivity contribution in [3.05, 3.63) is 53.1 Å². The number of nitrogens with zero attached hydrogens (tertiary/aromatic N) is 3. The highest BCUT2D eigenvalue weighted by Gasteiger charge is 2.09. The lowest BCUT2D eigenvalue weighted by molar-refractivity contribution is 0.380. The maximum absolute atomic E-state index is 5.59. The Morgan fingerprint density at radius 3 is 2.80 bits per heavy atom. The summed E-state index contributed by atoms with van der Waals surface area (Å²) >= 11 is 3.09. The number of thioether (sulfide) groups is 1. The van der Waals surface area contributed by atoms with E-state index in [1.54, 1.807) is 11.8 Å². The molecule has 0 aliphatic heterocycles. The molecule has 0 amide bonds. The molecule has 0 fully saturated rings. The van der Waals surface area contributed by atoms with Gasteiger partial charge in [-0.25, -0.2) is 4.98 Å². The third-order valence-corrected chi connectivity index (χ3v) is 4.25. The molecule has 2 aromatic heterocycles. The zero-order valence-corrected chi connectivity index (χ0v) is 12.2. The molecule has 0 radical (unpaired) electrons. The van der Waals surface area contributed by atoms with Crippen LogP contribution < -0.4 is 5.73 Å². The second-order valence-corrected chi connectivity index (χ2v) is 6.00. The minimum atomic E-state index is 0.525. The van der Waals surface area contributed by atoms with Crippen molar-refractivity contribution < 1.29 is 4.52 Å². The molecule has 0 saturated carbocycles. The fourth-order valence-corrected chi connectivity index (χ4v) is 2.97. The normalized spacial score (nSPS) is 10.8. The van der Waals surface area contributed by atoms with Gasteiger partial charge in [0.25, 0.3) is 0 Å². The van der Waals surface area contributed by atoms with E-state index in [0.29, 0.717) is 29.0 Å². The van der Waals surface area contributed by atoms with Crippen LogP contribution in [0.3, 0.4) is 0 Å². The fraction of sp³-hybridized carbons (Fsp3) is 0.154. The topological polar surface area (TPSA) is 77.8 Å². The molecule has 0 aliphatic carbocycles. The number of rotatable bonds is 5. The second kappa shape index (κ2) is 6.06. The largest absolute Gasteiger partial charge is 0.375 e. The van der Waals surface area contributed by atoms with Crippen LogP contribution >= 0.6 is 23.1 Å². The molecular weight excluding hydrogens is 292 g/mol. The van der Waals surface area contributed by atoms with Gasteiger partial charge in [-0.2, -0.15) is 4.98 Å². The Kier molecular flexibility index (Phi) is 3.98. The zero-order valence-electron chi connectivity index (χ0n) is 10.5. The minimum absolute atomic E-state index is 0.525. The summed E-state index contributed by atoms with van der Waals surface area (Å²) in [5, 5.41) is 6.43. The van der Waals surface area contributed by atoms with Gasteiger partial charge in [0.15, 0.2) is 11.0 Å². The third-order valence-electron chi connectivity index (χ3n) is 2.52. The molecule has 20 heavy (non-hydrogen) atoms. The number of hydrogen-bond donors (Lipinski definition) is 1. The first-order valence-electron chi connectivity index (χ1n) is 5.99. The van der Waals surface area contributed by atoms with E-state index in [2.05, 4.69) is 27.3 Å². The van der Waals surface area contributed by atoms with E-state index in [-0.39, 0.29) is 0 Å². The Hall–Kier alpha value is -1.86. The maximum atomic E-state index is 5.59. The van der Waals surface area contributed by atoms with Crippen LogP contribution in [0.5, 0.6) is 0 Å². The molecule has 0 aliphatic rings. The van der Waals surface area contributed by atoms with Gasteiger partial charge in [0.2, 0.25) is 5.89 Å². The predicted molar refractivity (Wildman–Crippen MR) is 79.6 cm³/mol. The van der Waals surface area contributed by atoms with Gasteiger partial charge in [-0.3, -0.25) is 0 Å². The van der Waals surface area contributed by atoms with E-state index >= 15 is 0 Å². The number of benzene rings is 1. The number of anilines is 1. The number of nitrogens with two attached hydrogens (primary N) is 1. The van der Waals surface area contributed by atoms with E-state index < -0.39 is 0 Å². The molecule has 102 valence electrons. The summed E-state index contributed by atoms with van der Waals surface area (Å²) in [5.41, 5.74) is 6.45. The Bertz CT molecular complexity index is 681. The zero-order chi connectivity index (χ0) is 13.8. The quantitative estimate of drug-likeness (QED) is 0.730. The molecule has 0 saturated heterocycles. The lowest BCUT2D eigenvalue weighted by Gasteiger charge is -1.96. The summed E-state index contributed by atoms with van der Waals surface area (Å²) in [6.45, 7) is 0. The van der Waals surface area contributed by atoms with Gasteiger partial charge in [0, 0.05) is 10.3 Å². The summed E-state index contributed by atoms with van der Waals surface area (Å²) in [4.78, 5) is 9.71. The molecule has 5 nitrogen and oxygen atoms in total. The van der Waals surface area contributed by atoms with Gasteiger partial charge in [-0.15, -0.1) is 23.1 Å². The summed E-state index contributed by atoms with van der Waals surface area (Å²) in [6, 6.07) is 10.1. The van der Waals surface area contributed by atoms with Crippen LogP contribution in [0.1, 0.15) is 17.4 Å². The van der Waals surface area contributed by atoms with E-state index in [0.717, 1.165) is 5.69 Å². The first kappa shape index (κ1) is 13.1. The number of hydrogen-bond acceptors (Lipinski definition) is 7. The molecule has 0 spiro atoms. The molecule has 3 aromatic rings. The highest BCUT2D eigenvalue weighted by Crippen LogP contribution is 2.21. The lowest BCUT2D eigenvalue weighted by atomic mass is 10.3. The minimum Gasteiger partial charge on any atom is -0.375 e. The van der Waals surface area contributed by atoms with Crippen LogP contribution in [-0.2, 0) is 12.2 Å². The summed E-state index contributed by atoms with van der Waals surface area (Å²) < 4.78 is 5.22. The van der Waals surface area contributed by atoms with Crippen molar-refractivity contribution in [3.63, 3.8) is 0 Å². The number of aromatic nitrogens is 3. The lowest BCUT2D eigenvalue weighted by Crippen LogP contribution is -1.91. The van der Waals surface area contributed by atoms with E-state index in [9.17, 15) is 0 Å². The first-order valence-corrected chi connectivity index (χ1v) is 7.85. The van der Waals surface area contributed by atoms with Crippen molar-refractivity contribution >= 4 is 28.2 Å². The number of nitrogen functional groups attached to an aromatic ring is 1. The summed E-state index contributed by atoms with van der Waals surface area (Å²) in [6.07, 6.45) is 0.525. The standard InChI is InChI=1S/C13H12N4OS2/c14-13-15-9(7-20-13)6-12-16-11(17-18-12)8-19-10-4-2-1-3-5-10/h1-5,7H,6,8H2,(H2,14,15). The first-order chi connectivity index (χ1) is 9.79. The van der Waals surface area contributed by atoms with Crippen molar-refractivity contribution in [2.45, 2.75) is 17.1 Å². The fourth-order valence-electron chi connectivity index (χ4n) is 1.64. The molecule has 0 atom stereocenters. The maximum Gasteiger partial charge on any atom is 0.232 e. The Morgan fingerprint density at radius 2 is 2.05 bits per heavy atom. The highest BCUT2D eigenvalue weighted by atomic mass is 32.2. The Labute approximate surface area is 124 Å². The predicted octanol–water partition coefficient (Wildman–Crippen LogP) is 2.99. The van der Waals surface area contributed by atoms with Crippen molar-refractivity contribution in [2.24, 2.45) is 0 Å². The highest BCUT2D eigenvalue weighted by molar-refractivity contribution is 7.98. The molecule has 1 aromatic carbocycles. The van der Waals surface area contributed by atoms with Gasteiger partial charge in [-0.05, 0) is 12.1 Å². The SMILES string of the molecule is Nc1nc(Cc2nc(CSc3ccccc3)no2)cs1. The average molecular weight is 304 g/mol. The van der Waals surface area contributed by atoms with Crippen LogP contribution in [0.4, 0.5) is 5.13 Å². The molecule has 3 rings (SSSR count). The van der Waals surface area contributed by atoms with Gasteiger partial charge in [-0.1, -0.05) is 23.4 Å². The summed E-state index contributed by atoms with van der Waals surface area (Å²) in [5.74, 6) is 1.95. The molecule has 7 heteroatoms. The van der Waals surface area contributed by atoms with E-state index in [1.807, 2.05) is 23.6 Å². The van der Waals surface area contributed by atoms with Crippen molar-refractivity contribution in [1.82, 2.24) is 15.1 Å². The van der Waals surface area contributed by atoms with Gasteiger partial charge in [0.1, 0.15) is 0 Å². The third kappa shape index (κ3) is 3.37. The molecular formula is C13H12N4OS2. The molecule has 2 heterocycles. The van der Waals surface area contributed by atoms with Crippen LogP contribution in [-0.4, -0.2) is 15.1 Å². The van der Waals surface area contributed by atoms with Crippen LogP contribution in [0.25, 0.3) is 0 Å². The van der Waals surface area contributed by atoms with Gasteiger partial charge in [0.05, 0.1) is 17.9 Å². The summed E-state index contributed by atoms with van der Waals surface area (Å²) in [7, 11) is 0. The van der Waals surface area contributed by atoms with E-state index in [4.69, 9.17) is 10.3 Å². The Balaban J connectivity index is 1.59. The van der Waals surface area contributed by atoms with Crippen LogP contribution in [0, 0.1) is 0 Å². The van der Waals surface area contributed by atoms with Crippen LogP contribution in [0.2, 0.25) is 0 Å². The smallest absolute Gasteiger partial charge is 0.232 e. The van der Waals surface area contributed by atoms with Crippen molar-refractivity contribution in [2.75, 3.05) is 5.73 Å². The van der Waals surface area contributed by atoms with Crippen LogP contribution in [0.15, 0.2) is 45.1 Å². The van der Waals surface area contributed by atoms with Gasteiger partial charge < -0.3 is 10.3 Å². The number of thiazole rings is 1. The van der Waals surface area contributed by atoms with Crippen molar-refractivity contribution in [3.8, 4) is 0 Å². The average Bonchev–Trinajstić information content (AvgIpc) is 3.08. The molecule has 2 N–H and O–H groups in total. The Morgan fingerprint density at radius 1 is 1.20 bits per heavy atom. The van der Waals surface area contributed by atoms with Gasteiger partial charge >= 0.3 is 0 Å². The van der Waals surface area contributed by atoms with E-state index in [1.165, 1.54) is 16.2 Å². The molecule has 0 unspecified atom stereocenters. The second-order valence-electron chi connectivity index (χ2n) is 4.06.